The first-order valence-electron chi connectivity index (χ1n) is 27.5. The number of rotatable bonds is 12. The number of carbonyl (C=O) groups excluding carboxylic acids is 1. The number of ether oxygens (including phenoxy) is 9. The highest BCUT2D eigenvalue weighted by Gasteiger charge is 2.70. The zero-order valence-corrected chi connectivity index (χ0v) is 45.1. The smallest absolute Gasteiger partial charge is 0.310 e. The van der Waals surface area contributed by atoms with E-state index in [-0.39, 0.29) is 46.0 Å². The van der Waals surface area contributed by atoms with Crippen molar-refractivity contribution in [3.63, 3.8) is 0 Å². The summed E-state index contributed by atoms with van der Waals surface area (Å²) in [7, 11) is 0. The normalized spacial score (nSPS) is 53.2. The summed E-state index contributed by atoms with van der Waals surface area (Å²) in [5, 5.41) is 122. The van der Waals surface area contributed by atoms with Crippen LogP contribution in [0.25, 0.3) is 0 Å². The second-order valence-corrected chi connectivity index (χ2v) is 25.8. The first kappa shape index (κ1) is 58.6. The molecule has 5 aliphatic carbocycles. The largest absolute Gasteiger partial charge is 0.481 e. The first-order chi connectivity index (χ1) is 35.6. The molecule has 0 spiro atoms. The van der Waals surface area contributed by atoms with Gasteiger partial charge in [0.05, 0.1) is 44.1 Å². The van der Waals surface area contributed by atoms with Crippen LogP contribution in [-0.2, 0) is 52.2 Å². The van der Waals surface area contributed by atoms with Crippen molar-refractivity contribution in [2.45, 2.75) is 236 Å². The van der Waals surface area contributed by atoms with E-state index in [0.29, 0.717) is 25.7 Å². The lowest BCUT2D eigenvalue weighted by Crippen LogP contribution is -2.67. The van der Waals surface area contributed by atoms with E-state index in [0.717, 1.165) is 45.4 Å². The molecule has 9 rings (SSSR count). The molecule has 8 fully saturated rings. The fourth-order valence-electron chi connectivity index (χ4n) is 16.4. The van der Waals surface area contributed by atoms with Crippen molar-refractivity contribution in [3.05, 3.63) is 11.6 Å². The zero-order valence-electron chi connectivity index (χ0n) is 45.1. The van der Waals surface area contributed by atoms with E-state index < -0.39 is 159 Å². The first-order valence-corrected chi connectivity index (χ1v) is 27.5. The molecule has 0 aromatic heterocycles. The van der Waals surface area contributed by atoms with E-state index in [9.17, 15) is 65.8 Å². The third-order valence-corrected chi connectivity index (χ3v) is 21.1. The molecule has 0 bridgehead atoms. The SMILES string of the molecule is CC(=O)O[C@H]1[C@H](O)[C@@H](O[C@H]2[C@H](O)[C@H](O)[C@@H](O[C@@H]3[C@@H](O[C@@H]4[C@@H](O[C@@H]5CC[C@@]6(C)C7CC=C8[C@H]9CC(C)(C)CC[C@@]9(C(=O)O)CC[C@]8(C)[C@@]7(C)CCC6[C@@]5(C)CO)O[C@@H](CO)[C@H](O)[C@H]4O)OC[C@H](O)[C@H]3O)O[C@@H]2C)OC[C@@H]1O. The van der Waals surface area contributed by atoms with Crippen LogP contribution in [0.15, 0.2) is 11.6 Å². The third-order valence-electron chi connectivity index (χ3n) is 21.1. The number of aliphatic carboxylic acids is 1. The summed E-state index contributed by atoms with van der Waals surface area (Å²) in [6.07, 6.45) is -19.9. The highest BCUT2D eigenvalue weighted by Crippen LogP contribution is 2.76. The highest BCUT2D eigenvalue weighted by atomic mass is 16.8. The maximum absolute atomic E-state index is 13.2. The minimum atomic E-state index is -1.93. The number of carboxylic acid groups (broad SMARTS) is 1. The summed E-state index contributed by atoms with van der Waals surface area (Å²) >= 11 is 0. The molecule has 11 N–H and O–H groups in total. The average molecular weight is 1090 g/mol. The van der Waals surface area contributed by atoms with Gasteiger partial charge in [-0.2, -0.15) is 0 Å². The average Bonchev–Trinajstić information content (AvgIpc) is 3.55. The molecule has 434 valence electrons. The van der Waals surface area contributed by atoms with E-state index in [1.807, 2.05) is 6.92 Å². The van der Waals surface area contributed by atoms with Gasteiger partial charge in [0.2, 0.25) is 0 Å². The molecule has 0 aromatic carbocycles. The van der Waals surface area contributed by atoms with Crippen molar-refractivity contribution >= 4 is 11.9 Å². The summed E-state index contributed by atoms with van der Waals surface area (Å²) < 4.78 is 53.6. The Morgan fingerprint density at radius 1 is 0.645 bits per heavy atom. The predicted molar refractivity (Wildman–Crippen MR) is 261 cm³/mol. The minimum absolute atomic E-state index is 0.0250. The number of aliphatic hydroxyl groups is 10. The standard InChI is InChI=1S/C54H86O22/c1-24-40(74-44-39(65)41(71-25(2)57)29(59)22-68-44)37(63)38(64)45(70-24)75-42-34(60)28(58)21-69-46(42)76-43-36(62)35(61)30(20-55)72-47(43)73-33-12-13-50(5)31(51(33,6)23-56)11-14-53(8)32(50)10-9-26-27-19-49(3,4)15-17-54(27,48(66)67)18-16-52(26,53)7/h9,24,27-47,55-56,58-65H,10-23H2,1-8H3,(H,66,67)/t24-,27-,28+,29+,30+,31?,32?,33-,34-,35+,36-,37-,38+,39+,40-,41-,42+,43+,44-,45-,46-,47-,50-,51-,52+,53+,54-/m1/s1. The van der Waals surface area contributed by atoms with E-state index in [4.69, 9.17) is 42.6 Å². The van der Waals surface area contributed by atoms with Gasteiger partial charge in [-0.3, -0.25) is 9.59 Å². The molecule has 4 aliphatic heterocycles. The van der Waals surface area contributed by atoms with E-state index >= 15 is 0 Å². The van der Waals surface area contributed by atoms with Gasteiger partial charge in [0.1, 0.15) is 73.2 Å². The number of fused-ring (bicyclic) bond motifs is 7. The highest BCUT2D eigenvalue weighted by molar-refractivity contribution is 5.76. The molecule has 0 amide bonds. The van der Waals surface area contributed by atoms with Crippen LogP contribution in [0.2, 0.25) is 0 Å². The fourth-order valence-corrected chi connectivity index (χ4v) is 16.4. The summed E-state index contributed by atoms with van der Waals surface area (Å²) in [5.41, 5.74) is -1.02. The van der Waals surface area contributed by atoms with Gasteiger partial charge in [-0.25, -0.2) is 0 Å². The quantitative estimate of drug-likeness (QED) is 0.0715. The number of hydrogen-bond acceptors (Lipinski definition) is 21. The molecule has 4 saturated heterocycles. The van der Waals surface area contributed by atoms with Gasteiger partial charge in [0.25, 0.3) is 0 Å². The fraction of sp³-hybridized carbons (Fsp3) is 0.926. The van der Waals surface area contributed by atoms with Crippen molar-refractivity contribution in [2.24, 2.45) is 50.2 Å². The molecular weight excluding hydrogens is 1000 g/mol. The van der Waals surface area contributed by atoms with Gasteiger partial charge in [0.15, 0.2) is 31.3 Å². The zero-order chi connectivity index (χ0) is 55.4. The number of allylic oxidation sites excluding steroid dienone is 2. The third kappa shape index (κ3) is 9.63. The van der Waals surface area contributed by atoms with Crippen LogP contribution in [-0.4, -0.2) is 211 Å². The number of carbonyl (C=O) groups is 2. The van der Waals surface area contributed by atoms with Crippen LogP contribution in [0.4, 0.5) is 0 Å². The molecule has 0 radical (unpaired) electrons. The topological polar surface area (TPSA) is 340 Å². The van der Waals surface area contributed by atoms with Gasteiger partial charge in [0, 0.05) is 12.3 Å². The lowest BCUT2D eigenvalue weighted by Gasteiger charge is -2.71. The van der Waals surface area contributed by atoms with Crippen LogP contribution >= 0.6 is 0 Å². The van der Waals surface area contributed by atoms with Crippen molar-refractivity contribution in [1.29, 1.82) is 0 Å². The van der Waals surface area contributed by atoms with Crippen LogP contribution < -0.4 is 0 Å². The van der Waals surface area contributed by atoms with Crippen molar-refractivity contribution in [3.8, 4) is 0 Å². The van der Waals surface area contributed by atoms with Gasteiger partial charge in [-0.15, -0.1) is 0 Å². The van der Waals surface area contributed by atoms with E-state index in [2.05, 4.69) is 40.7 Å². The van der Waals surface area contributed by atoms with E-state index in [1.165, 1.54) is 12.5 Å². The second-order valence-electron chi connectivity index (χ2n) is 25.8. The predicted octanol–water partition coefficient (Wildman–Crippen LogP) is 0.379. The van der Waals surface area contributed by atoms with Crippen LogP contribution in [0.1, 0.15) is 120 Å². The maximum Gasteiger partial charge on any atom is 0.310 e. The summed E-state index contributed by atoms with van der Waals surface area (Å²) in [5.74, 6) is -1.39. The van der Waals surface area contributed by atoms with Crippen LogP contribution in [0.5, 0.6) is 0 Å². The molecular formula is C54H86O22. The lowest BCUT2D eigenvalue weighted by atomic mass is 9.33. The second kappa shape index (κ2) is 21.4. The van der Waals surface area contributed by atoms with Crippen molar-refractivity contribution in [2.75, 3.05) is 26.4 Å². The monoisotopic (exact) mass is 1090 g/mol. The van der Waals surface area contributed by atoms with Crippen molar-refractivity contribution in [1.82, 2.24) is 0 Å². The molecule has 4 saturated carbocycles. The molecule has 27 atom stereocenters. The molecule has 76 heavy (non-hydrogen) atoms. The van der Waals surface area contributed by atoms with E-state index in [1.54, 1.807) is 0 Å². The van der Waals surface area contributed by atoms with Gasteiger partial charge in [-0.1, -0.05) is 53.2 Å². The molecule has 2 unspecified atom stereocenters. The number of aliphatic hydroxyl groups excluding tert-OH is 10. The Hall–Kier alpha value is -2.04. The summed E-state index contributed by atoms with van der Waals surface area (Å²) in [6, 6.07) is 0. The minimum Gasteiger partial charge on any atom is -0.481 e. The molecule has 9 aliphatic rings. The molecule has 22 heteroatoms. The Kier molecular flexibility index (Phi) is 16.5. The summed E-state index contributed by atoms with van der Waals surface area (Å²) in [4.78, 5) is 24.9. The molecule has 0 aromatic rings. The van der Waals surface area contributed by atoms with Crippen LogP contribution in [0, 0.1) is 50.2 Å². The molecule has 4 heterocycles. The van der Waals surface area contributed by atoms with Gasteiger partial charge < -0.3 is 98.8 Å². The van der Waals surface area contributed by atoms with Gasteiger partial charge >= 0.3 is 11.9 Å². The Bertz CT molecular complexity index is 2130. The Balaban J connectivity index is 0.926. The Labute approximate surface area is 443 Å². The number of esters is 1. The molecule has 22 nitrogen and oxygen atoms in total. The Morgan fingerprint density at radius 2 is 1.28 bits per heavy atom. The Morgan fingerprint density at radius 3 is 1.95 bits per heavy atom. The summed E-state index contributed by atoms with van der Waals surface area (Å²) in [6.45, 7) is 14.3. The van der Waals surface area contributed by atoms with Crippen molar-refractivity contribution < 1.29 is 108 Å². The number of hydrogen-bond donors (Lipinski definition) is 11. The van der Waals surface area contributed by atoms with Gasteiger partial charge in [-0.05, 0) is 111 Å². The lowest BCUT2D eigenvalue weighted by molar-refractivity contribution is -0.394. The maximum atomic E-state index is 13.2. The van der Waals surface area contributed by atoms with Crippen LogP contribution in [0.3, 0.4) is 0 Å². The number of carboxylic acids is 1.